The first-order valence-corrected chi connectivity index (χ1v) is 7.26. The molecule has 1 N–H and O–H groups in total. The summed E-state index contributed by atoms with van der Waals surface area (Å²) in [6, 6.07) is 6.54. The molecular weight excluding hydrogens is 238 g/mol. The van der Waals surface area contributed by atoms with Crippen LogP contribution in [0.15, 0.2) is 18.2 Å². The van der Waals surface area contributed by atoms with Gasteiger partial charge in [-0.05, 0) is 57.4 Å². The summed E-state index contributed by atoms with van der Waals surface area (Å²) in [5.74, 6) is 1.71. The summed E-state index contributed by atoms with van der Waals surface area (Å²) in [5.41, 5.74) is 1.22. The lowest BCUT2D eigenvalue weighted by Gasteiger charge is -2.24. The smallest absolute Gasteiger partial charge is 0.161 e. The van der Waals surface area contributed by atoms with Crippen LogP contribution in [0.2, 0.25) is 0 Å². The number of benzene rings is 1. The molecule has 106 valence electrons. The highest BCUT2D eigenvalue weighted by Gasteiger charge is 2.17. The largest absolute Gasteiger partial charge is 0.493 e. The van der Waals surface area contributed by atoms with Crippen LogP contribution in [0.1, 0.15) is 50.6 Å². The van der Waals surface area contributed by atoms with Gasteiger partial charge in [-0.1, -0.05) is 12.5 Å². The molecule has 1 unspecified atom stereocenters. The molecule has 0 amide bonds. The highest BCUT2D eigenvalue weighted by atomic mass is 16.5. The Hall–Kier alpha value is -1.22. The summed E-state index contributed by atoms with van der Waals surface area (Å²) >= 11 is 0. The van der Waals surface area contributed by atoms with Gasteiger partial charge in [0.25, 0.3) is 0 Å². The van der Waals surface area contributed by atoms with Gasteiger partial charge in [0.05, 0.1) is 13.2 Å². The van der Waals surface area contributed by atoms with Gasteiger partial charge in [0.1, 0.15) is 0 Å². The van der Waals surface area contributed by atoms with Crippen LogP contribution in [0.4, 0.5) is 0 Å². The average Bonchev–Trinajstić information content (AvgIpc) is 2.48. The van der Waals surface area contributed by atoms with Gasteiger partial charge < -0.3 is 14.8 Å². The fourth-order valence-electron chi connectivity index (χ4n) is 2.58. The lowest BCUT2D eigenvalue weighted by Crippen LogP contribution is -2.20. The van der Waals surface area contributed by atoms with Gasteiger partial charge in [-0.25, -0.2) is 0 Å². The van der Waals surface area contributed by atoms with Gasteiger partial charge in [-0.15, -0.1) is 0 Å². The first kappa shape index (κ1) is 14.2. The van der Waals surface area contributed by atoms with E-state index >= 15 is 0 Å². The molecule has 1 aromatic carbocycles. The molecule has 0 saturated heterocycles. The number of rotatable bonds is 5. The molecule has 0 aromatic heterocycles. The highest BCUT2D eigenvalue weighted by Crippen LogP contribution is 2.33. The molecule has 0 heterocycles. The van der Waals surface area contributed by atoms with Crippen molar-refractivity contribution in [3.63, 3.8) is 0 Å². The topological polar surface area (TPSA) is 30.5 Å². The summed E-state index contributed by atoms with van der Waals surface area (Å²) in [5, 5.41) is 3.24. The Labute approximate surface area is 116 Å². The minimum Gasteiger partial charge on any atom is -0.493 e. The Morgan fingerprint density at radius 2 is 1.89 bits per heavy atom. The third-order valence-electron chi connectivity index (χ3n) is 3.97. The molecule has 1 aromatic rings. The number of hydrogen-bond acceptors (Lipinski definition) is 3. The van der Waals surface area contributed by atoms with E-state index in [4.69, 9.17) is 9.47 Å². The quantitative estimate of drug-likeness (QED) is 0.879. The van der Waals surface area contributed by atoms with E-state index in [1.54, 1.807) is 7.11 Å². The van der Waals surface area contributed by atoms with Crippen LogP contribution in [0, 0.1) is 0 Å². The van der Waals surface area contributed by atoms with E-state index in [9.17, 15) is 0 Å². The van der Waals surface area contributed by atoms with Crippen molar-refractivity contribution in [2.24, 2.45) is 0 Å². The molecular formula is C16H25NO2. The van der Waals surface area contributed by atoms with Crippen molar-refractivity contribution in [1.82, 2.24) is 5.32 Å². The lowest BCUT2D eigenvalue weighted by atomic mass is 9.98. The van der Waals surface area contributed by atoms with E-state index in [0.29, 0.717) is 12.1 Å². The summed E-state index contributed by atoms with van der Waals surface area (Å²) in [6.07, 6.45) is 6.59. The molecule has 0 bridgehead atoms. The molecule has 1 fully saturated rings. The van der Waals surface area contributed by atoms with E-state index in [1.807, 2.05) is 13.1 Å². The fraction of sp³-hybridized carbons (Fsp3) is 0.625. The molecule has 0 aliphatic heterocycles. The van der Waals surface area contributed by atoms with Gasteiger partial charge in [-0.2, -0.15) is 0 Å². The molecule has 0 spiro atoms. The Morgan fingerprint density at radius 1 is 1.16 bits per heavy atom. The molecule has 19 heavy (non-hydrogen) atoms. The second kappa shape index (κ2) is 6.80. The highest BCUT2D eigenvalue weighted by molar-refractivity contribution is 5.43. The van der Waals surface area contributed by atoms with E-state index < -0.39 is 0 Å². The van der Waals surface area contributed by atoms with Crippen molar-refractivity contribution in [2.45, 2.75) is 51.2 Å². The Balaban J connectivity index is 2.11. The molecule has 1 saturated carbocycles. The van der Waals surface area contributed by atoms with Crippen LogP contribution >= 0.6 is 0 Å². The molecule has 1 aliphatic rings. The van der Waals surface area contributed by atoms with Gasteiger partial charge in [0.15, 0.2) is 11.5 Å². The molecule has 2 rings (SSSR count). The van der Waals surface area contributed by atoms with Crippen LogP contribution in [0.25, 0.3) is 0 Å². The second-order valence-electron chi connectivity index (χ2n) is 5.30. The minimum atomic E-state index is 0.317. The first-order valence-electron chi connectivity index (χ1n) is 7.26. The summed E-state index contributed by atoms with van der Waals surface area (Å²) < 4.78 is 11.6. The lowest BCUT2D eigenvalue weighted by molar-refractivity contribution is 0.149. The third-order valence-corrected chi connectivity index (χ3v) is 3.97. The van der Waals surface area contributed by atoms with E-state index in [-0.39, 0.29) is 0 Å². The minimum absolute atomic E-state index is 0.317. The Kier molecular flexibility index (Phi) is 5.08. The molecule has 0 radical (unpaired) electrons. The molecule has 1 atom stereocenters. The summed E-state index contributed by atoms with van der Waals surface area (Å²) in [6.45, 7) is 2.14. The van der Waals surface area contributed by atoms with Crippen LogP contribution in [0.3, 0.4) is 0 Å². The maximum atomic E-state index is 6.10. The van der Waals surface area contributed by atoms with Crippen molar-refractivity contribution >= 4 is 0 Å². The Bertz CT molecular complexity index is 400. The Morgan fingerprint density at radius 3 is 2.53 bits per heavy atom. The van der Waals surface area contributed by atoms with Gasteiger partial charge in [-0.3, -0.25) is 0 Å². The summed E-state index contributed by atoms with van der Waals surface area (Å²) in [7, 11) is 3.67. The predicted molar refractivity (Wildman–Crippen MR) is 78.0 cm³/mol. The maximum absolute atomic E-state index is 6.10. The number of methoxy groups -OCH3 is 1. The zero-order valence-electron chi connectivity index (χ0n) is 12.2. The fourth-order valence-corrected chi connectivity index (χ4v) is 2.58. The van der Waals surface area contributed by atoms with Crippen LogP contribution in [-0.2, 0) is 0 Å². The monoisotopic (exact) mass is 263 g/mol. The van der Waals surface area contributed by atoms with Crippen molar-refractivity contribution in [2.75, 3.05) is 14.2 Å². The van der Waals surface area contributed by atoms with Crippen LogP contribution in [-0.4, -0.2) is 20.3 Å². The van der Waals surface area contributed by atoms with Crippen molar-refractivity contribution in [3.8, 4) is 11.5 Å². The standard InChI is InChI=1S/C16H25NO2/c1-12(17-2)13-9-10-15(16(11-13)18-3)19-14-7-5-4-6-8-14/h9-12,14,17H,4-8H2,1-3H3. The van der Waals surface area contributed by atoms with Crippen molar-refractivity contribution < 1.29 is 9.47 Å². The van der Waals surface area contributed by atoms with Crippen molar-refractivity contribution in [1.29, 1.82) is 0 Å². The average molecular weight is 263 g/mol. The maximum Gasteiger partial charge on any atom is 0.161 e. The predicted octanol–water partition coefficient (Wildman–Crippen LogP) is 3.69. The second-order valence-corrected chi connectivity index (χ2v) is 5.30. The number of hydrogen-bond donors (Lipinski definition) is 1. The van der Waals surface area contributed by atoms with Gasteiger partial charge >= 0.3 is 0 Å². The van der Waals surface area contributed by atoms with Crippen molar-refractivity contribution in [3.05, 3.63) is 23.8 Å². The number of nitrogens with one attached hydrogen (secondary N) is 1. The molecule has 3 nitrogen and oxygen atoms in total. The molecule has 1 aliphatic carbocycles. The van der Waals surface area contributed by atoms with E-state index in [2.05, 4.69) is 24.4 Å². The zero-order valence-corrected chi connectivity index (χ0v) is 12.2. The van der Waals surface area contributed by atoms with Crippen LogP contribution < -0.4 is 14.8 Å². The van der Waals surface area contributed by atoms with E-state index in [1.165, 1.54) is 24.8 Å². The zero-order chi connectivity index (χ0) is 13.7. The third kappa shape index (κ3) is 3.63. The SMILES string of the molecule is CNC(C)c1ccc(OC2CCCCC2)c(OC)c1. The first-order chi connectivity index (χ1) is 9.24. The van der Waals surface area contributed by atoms with Gasteiger partial charge in [0.2, 0.25) is 0 Å². The van der Waals surface area contributed by atoms with Gasteiger partial charge in [0, 0.05) is 6.04 Å². The number of ether oxygens (including phenoxy) is 2. The summed E-state index contributed by atoms with van der Waals surface area (Å²) in [4.78, 5) is 0. The molecule has 3 heteroatoms. The van der Waals surface area contributed by atoms with Crippen LogP contribution in [0.5, 0.6) is 11.5 Å². The van der Waals surface area contributed by atoms with E-state index in [0.717, 1.165) is 24.3 Å². The normalized spacial score (nSPS) is 18.1.